The summed E-state index contributed by atoms with van der Waals surface area (Å²) in [5.41, 5.74) is 0.976. The molecule has 0 aliphatic heterocycles. The second kappa shape index (κ2) is 7.23. The number of anilines is 1. The summed E-state index contributed by atoms with van der Waals surface area (Å²) in [6, 6.07) is 6.83. The van der Waals surface area contributed by atoms with Gasteiger partial charge in [-0.3, -0.25) is 0 Å². The van der Waals surface area contributed by atoms with Crippen LogP contribution in [0.5, 0.6) is 0 Å². The number of carbonyl (C=O) groups is 1. The molecule has 7 nitrogen and oxygen atoms in total. The number of aliphatic hydroxyl groups is 1. The lowest BCUT2D eigenvalue weighted by Crippen LogP contribution is -2.46. The minimum Gasteiger partial charge on any atom is -0.421 e. The lowest BCUT2D eigenvalue weighted by molar-refractivity contribution is 0.218. The summed E-state index contributed by atoms with van der Waals surface area (Å²) < 4.78 is 5.49. The van der Waals surface area contributed by atoms with E-state index in [1.807, 2.05) is 20.8 Å². The molecule has 0 saturated heterocycles. The van der Waals surface area contributed by atoms with E-state index in [0.29, 0.717) is 30.3 Å². The van der Waals surface area contributed by atoms with Gasteiger partial charge in [-0.2, -0.15) is 0 Å². The van der Waals surface area contributed by atoms with Crippen LogP contribution in [-0.2, 0) is 6.42 Å². The highest BCUT2D eigenvalue weighted by molar-refractivity contribution is 5.89. The molecule has 7 heteroatoms. The molecule has 2 rings (SSSR count). The quantitative estimate of drug-likeness (QED) is 0.760. The van der Waals surface area contributed by atoms with Crippen molar-refractivity contribution in [3.8, 4) is 11.5 Å². The molecule has 2 aromatic rings. The number of amides is 2. The standard InChI is InChI=1S/C16H22N4O3/c1-4-13-19-20-14(23-13)11-5-7-12(8-6-11)17-15(22)18-16(2,3)9-10-21/h5-8,21H,4,9-10H2,1-3H3,(H2,17,18,22). The lowest BCUT2D eigenvalue weighted by Gasteiger charge is -2.25. The number of hydrogen-bond acceptors (Lipinski definition) is 5. The fourth-order valence-corrected chi connectivity index (χ4v) is 2.02. The molecule has 0 fully saturated rings. The van der Waals surface area contributed by atoms with Gasteiger partial charge in [-0.15, -0.1) is 10.2 Å². The normalized spacial score (nSPS) is 11.3. The number of aromatic nitrogens is 2. The Balaban J connectivity index is 1.98. The Morgan fingerprint density at radius 2 is 1.96 bits per heavy atom. The molecule has 3 N–H and O–H groups in total. The Labute approximate surface area is 135 Å². The first kappa shape index (κ1) is 17.0. The number of hydrogen-bond donors (Lipinski definition) is 3. The fraction of sp³-hybridized carbons (Fsp3) is 0.438. The molecule has 0 bridgehead atoms. The van der Waals surface area contributed by atoms with Crippen LogP contribution in [0.15, 0.2) is 28.7 Å². The van der Waals surface area contributed by atoms with Gasteiger partial charge in [-0.1, -0.05) is 6.92 Å². The molecule has 0 atom stereocenters. The van der Waals surface area contributed by atoms with Crippen LogP contribution in [0.4, 0.5) is 10.5 Å². The van der Waals surface area contributed by atoms with Gasteiger partial charge in [0, 0.05) is 29.8 Å². The van der Waals surface area contributed by atoms with Gasteiger partial charge in [0.2, 0.25) is 11.8 Å². The van der Waals surface area contributed by atoms with E-state index in [-0.39, 0.29) is 12.6 Å². The Hall–Kier alpha value is -2.41. The average molecular weight is 318 g/mol. The number of aryl methyl sites for hydroxylation is 1. The van der Waals surface area contributed by atoms with Crippen molar-refractivity contribution in [2.45, 2.75) is 39.2 Å². The molecule has 1 aromatic heterocycles. The van der Waals surface area contributed by atoms with E-state index in [1.165, 1.54) is 0 Å². The van der Waals surface area contributed by atoms with E-state index in [1.54, 1.807) is 24.3 Å². The van der Waals surface area contributed by atoms with Crippen molar-refractivity contribution in [3.63, 3.8) is 0 Å². The van der Waals surface area contributed by atoms with Crippen LogP contribution in [0.1, 0.15) is 33.1 Å². The zero-order chi connectivity index (χ0) is 16.9. The molecular weight excluding hydrogens is 296 g/mol. The van der Waals surface area contributed by atoms with Gasteiger partial charge in [0.25, 0.3) is 0 Å². The second-order valence-corrected chi connectivity index (χ2v) is 5.87. The molecule has 0 unspecified atom stereocenters. The van der Waals surface area contributed by atoms with Crippen LogP contribution >= 0.6 is 0 Å². The molecule has 0 aliphatic carbocycles. The van der Waals surface area contributed by atoms with Gasteiger partial charge in [0.15, 0.2) is 0 Å². The third-order valence-electron chi connectivity index (χ3n) is 3.35. The van der Waals surface area contributed by atoms with Crippen LogP contribution in [0.2, 0.25) is 0 Å². The van der Waals surface area contributed by atoms with Crippen molar-refractivity contribution in [1.29, 1.82) is 0 Å². The molecule has 23 heavy (non-hydrogen) atoms. The Morgan fingerprint density at radius 1 is 1.26 bits per heavy atom. The van der Waals surface area contributed by atoms with E-state index < -0.39 is 5.54 Å². The zero-order valence-electron chi connectivity index (χ0n) is 13.6. The summed E-state index contributed by atoms with van der Waals surface area (Å²) in [6.45, 7) is 5.67. The number of aliphatic hydroxyl groups excluding tert-OH is 1. The number of rotatable bonds is 6. The molecule has 1 heterocycles. The molecule has 0 saturated carbocycles. The minimum atomic E-state index is -0.473. The maximum atomic E-state index is 12.0. The first-order valence-corrected chi connectivity index (χ1v) is 7.56. The smallest absolute Gasteiger partial charge is 0.319 e. The zero-order valence-corrected chi connectivity index (χ0v) is 13.6. The van der Waals surface area contributed by atoms with Crippen molar-refractivity contribution in [3.05, 3.63) is 30.2 Å². The largest absolute Gasteiger partial charge is 0.421 e. The number of carbonyl (C=O) groups excluding carboxylic acids is 1. The van der Waals surface area contributed by atoms with Gasteiger partial charge < -0.3 is 20.2 Å². The number of nitrogens with zero attached hydrogens (tertiary/aromatic N) is 2. The highest BCUT2D eigenvalue weighted by Crippen LogP contribution is 2.20. The predicted octanol–water partition coefficient (Wildman–Crippen LogP) is 2.58. The van der Waals surface area contributed by atoms with Crippen LogP contribution in [0.3, 0.4) is 0 Å². The topological polar surface area (TPSA) is 100 Å². The van der Waals surface area contributed by atoms with E-state index in [4.69, 9.17) is 9.52 Å². The monoisotopic (exact) mass is 318 g/mol. The van der Waals surface area contributed by atoms with Crippen molar-refractivity contribution >= 4 is 11.7 Å². The van der Waals surface area contributed by atoms with E-state index in [2.05, 4.69) is 20.8 Å². The molecule has 124 valence electrons. The first-order valence-electron chi connectivity index (χ1n) is 7.56. The SMILES string of the molecule is CCc1nnc(-c2ccc(NC(=O)NC(C)(C)CCO)cc2)o1. The maximum Gasteiger partial charge on any atom is 0.319 e. The molecule has 0 spiro atoms. The van der Waals surface area contributed by atoms with Gasteiger partial charge in [0.05, 0.1) is 0 Å². The first-order chi connectivity index (χ1) is 10.9. The number of nitrogens with one attached hydrogen (secondary N) is 2. The van der Waals surface area contributed by atoms with E-state index in [9.17, 15) is 4.79 Å². The Kier molecular flexibility index (Phi) is 5.33. The van der Waals surface area contributed by atoms with Crippen molar-refractivity contribution in [2.24, 2.45) is 0 Å². The van der Waals surface area contributed by atoms with Crippen LogP contribution in [0.25, 0.3) is 11.5 Å². The summed E-state index contributed by atoms with van der Waals surface area (Å²) in [6.07, 6.45) is 1.17. The summed E-state index contributed by atoms with van der Waals surface area (Å²) in [4.78, 5) is 12.0. The third-order valence-corrected chi connectivity index (χ3v) is 3.35. The molecule has 2 amide bonds. The highest BCUT2D eigenvalue weighted by Gasteiger charge is 2.19. The minimum absolute atomic E-state index is 0.0197. The highest BCUT2D eigenvalue weighted by atomic mass is 16.4. The number of benzene rings is 1. The summed E-state index contributed by atoms with van der Waals surface area (Å²) in [5.74, 6) is 1.05. The fourth-order valence-electron chi connectivity index (χ4n) is 2.02. The maximum absolute atomic E-state index is 12.0. The molecule has 0 aliphatic rings. The van der Waals surface area contributed by atoms with E-state index in [0.717, 1.165) is 5.56 Å². The lowest BCUT2D eigenvalue weighted by atomic mass is 10.0. The number of urea groups is 1. The summed E-state index contributed by atoms with van der Waals surface area (Å²) in [7, 11) is 0. The molecular formula is C16H22N4O3. The van der Waals surface area contributed by atoms with Gasteiger partial charge in [-0.05, 0) is 44.5 Å². The van der Waals surface area contributed by atoms with Gasteiger partial charge in [0.1, 0.15) is 0 Å². The van der Waals surface area contributed by atoms with Crippen molar-refractivity contribution < 1.29 is 14.3 Å². The molecule has 0 radical (unpaired) electrons. The Morgan fingerprint density at radius 3 is 2.52 bits per heavy atom. The summed E-state index contributed by atoms with van der Waals surface area (Å²) in [5, 5.41) is 22.4. The predicted molar refractivity (Wildman–Crippen MR) is 87.0 cm³/mol. The van der Waals surface area contributed by atoms with Crippen LogP contribution in [0, 0.1) is 0 Å². The van der Waals surface area contributed by atoms with Crippen LogP contribution in [-0.4, -0.2) is 33.5 Å². The van der Waals surface area contributed by atoms with E-state index >= 15 is 0 Å². The average Bonchev–Trinajstić information content (AvgIpc) is 2.96. The summed E-state index contributed by atoms with van der Waals surface area (Å²) >= 11 is 0. The second-order valence-electron chi connectivity index (χ2n) is 5.87. The Bertz CT molecular complexity index is 650. The third kappa shape index (κ3) is 4.79. The van der Waals surface area contributed by atoms with Crippen molar-refractivity contribution in [1.82, 2.24) is 15.5 Å². The van der Waals surface area contributed by atoms with Crippen molar-refractivity contribution in [2.75, 3.05) is 11.9 Å². The van der Waals surface area contributed by atoms with Gasteiger partial charge >= 0.3 is 6.03 Å². The van der Waals surface area contributed by atoms with Crippen LogP contribution < -0.4 is 10.6 Å². The van der Waals surface area contributed by atoms with Gasteiger partial charge in [-0.25, -0.2) is 4.79 Å². The molecule has 1 aromatic carbocycles.